The zero-order chi connectivity index (χ0) is 20.8. The molecule has 0 spiro atoms. The molecule has 30 heavy (non-hydrogen) atoms. The van der Waals surface area contributed by atoms with Crippen LogP contribution in [0.2, 0.25) is 0 Å². The molecule has 0 atom stereocenters. The van der Waals surface area contributed by atoms with Crippen molar-refractivity contribution in [2.45, 2.75) is 45.4 Å². The number of aryl methyl sites for hydroxylation is 2. The van der Waals surface area contributed by atoms with Crippen LogP contribution in [0.4, 0.5) is 0 Å². The van der Waals surface area contributed by atoms with Gasteiger partial charge in [0.15, 0.2) is 0 Å². The van der Waals surface area contributed by atoms with Crippen molar-refractivity contribution in [1.29, 1.82) is 0 Å². The Labute approximate surface area is 180 Å². The van der Waals surface area contributed by atoms with Gasteiger partial charge in [0.05, 0.1) is 18.0 Å². The number of hydrogen-bond acceptors (Lipinski definition) is 7. The number of aromatic nitrogens is 4. The third kappa shape index (κ3) is 5.16. The number of fused-ring (bicyclic) bond motifs is 1. The van der Waals surface area contributed by atoms with Gasteiger partial charge in [-0.15, -0.1) is 10.2 Å². The van der Waals surface area contributed by atoms with Crippen LogP contribution in [0.3, 0.4) is 0 Å². The van der Waals surface area contributed by atoms with E-state index in [-0.39, 0.29) is 0 Å². The summed E-state index contributed by atoms with van der Waals surface area (Å²) in [6.45, 7) is 2.13. The average molecular weight is 421 g/mol. The van der Waals surface area contributed by atoms with E-state index < -0.39 is 5.97 Å². The van der Waals surface area contributed by atoms with Gasteiger partial charge in [0.2, 0.25) is 5.01 Å². The van der Waals surface area contributed by atoms with E-state index in [2.05, 4.69) is 56.8 Å². The zero-order valence-corrected chi connectivity index (χ0v) is 17.8. The number of allylic oxidation sites excluding steroid dienone is 1. The minimum atomic E-state index is -0.394. The Morgan fingerprint density at radius 2 is 1.90 bits per heavy atom. The predicted octanol–water partition coefficient (Wildman–Crippen LogP) is 4.25. The maximum atomic E-state index is 11.7. The Morgan fingerprint density at radius 3 is 2.73 bits per heavy atom. The second-order valence-electron chi connectivity index (χ2n) is 7.31. The van der Waals surface area contributed by atoms with Crippen LogP contribution < -0.4 is 0 Å². The van der Waals surface area contributed by atoms with Crippen LogP contribution in [-0.2, 0) is 30.4 Å². The van der Waals surface area contributed by atoms with Gasteiger partial charge in [-0.1, -0.05) is 53.3 Å². The lowest BCUT2D eigenvalue weighted by molar-refractivity contribution is 0.0525. The van der Waals surface area contributed by atoms with Gasteiger partial charge in [-0.25, -0.2) is 4.79 Å². The molecule has 1 aliphatic rings. The summed E-state index contributed by atoms with van der Waals surface area (Å²) in [5.41, 5.74) is 6.01. The number of rotatable bonds is 9. The normalized spacial score (nSPS) is 12.5. The molecule has 3 aromatic rings. The minimum Gasteiger partial charge on any atom is -0.461 e. The molecule has 0 radical (unpaired) electrons. The quantitative estimate of drug-likeness (QED) is 0.380. The van der Waals surface area contributed by atoms with Crippen LogP contribution >= 0.6 is 11.3 Å². The van der Waals surface area contributed by atoms with Crippen LogP contribution in [0.1, 0.15) is 57.1 Å². The summed E-state index contributed by atoms with van der Waals surface area (Å²) < 4.78 is 4.95. The molecule has 0 saturated carbocycles. The molecular weight excluding hydrogens is 396 g/mol. The third-order valence-corrected chi connectivity index (χ3v) is 5.94. The molecule has 4 rings (SSSR count). The van der Waals surface area contributed by atoms with Gasteiger partial charge in [-0.05, 0) is 49.8 Å². The topological polar surface area (TPSA) is 77.9 Å². The molecule has 0 bridgehead atoms. The zero-order valence-electron chi connectivity index (χ0n) is 17.0. The summed E-state index contributed by atoms with van der Waals surface area (Å²) in [7, 11) is 0. The third-order valence-electron chi connectivity index (χ3n) is 4.97. The Balaban J connectivity index is 1.27. The SMILES string of the molecule is CCOC(=O)c1nnc(CCCCc2cc3c(nn2)CC(Cc2ccccc2)=C3)s1. The smallest absolute Gasteiger partial charge is 0.369 e. The minimum absolute atomic E-state index is 0.328. The van der Waals surface area contributed by atoms with E-state index in [1.165, 1.54) is 28.0 Å². The molecule has 154 valence electrons. The second-order valence-corrected chi connectivity index (χ2v) is 8.37. The van der Waals surface area contributed by atoms with Crippen molar-refractivity contribution >= 4 is 23.4 Å². The molecule has 0 amide bonds. The van der Waals surface area contributed by atoms with E-state index in [9.17, 15) is 4.79 Å². The molecule has 1 aliphatic carbocycles. The monoisotopic (exact) mass is 420 g/mol. The van der Waals surface area contributed by atoms with Gasteiger partial charge < -0.3 is 4.74 Å². The molecule has 0 fully saturated rings. The number of hydrogen-bond donors (Lipinski definition) is 0. The first-order valence-electron chi connectivity index (χ1n) is 10.3. The Bertz CT molecular complexity index is 1050. The van der Waals surface area contributed by atoms with E-state index in [0.29, 0.717) is 11.6 Å². The molecule has 7 heteroatoms. The van der Waals surface area contributed by atoms with Crippen molar-refractivity contribution < 1.29 is 9.53 Å². The van der Waals surface area contributed by atoms with Gasteiger partial charge in [-0.2, -0.15) is 10.2 Å². The number of carbonyl (C=O) groups excluding carboxylic acids is 1. The summed E-state index contributed by atoms with van der Waals surface area (Å²) in [6.07, 6.45) is 7.74. The number of carbonyl (C=O) groups is 1. The largest absolute Gasteiger partial charge is 0.461 e. The summed E-state index contributed by atoms with van der Waals surface area (Å²) >= 11 is 1.31. The van der Waals surface area contributed by atoms with E-state index in [4.69, 9.17) is 4.74 Å². The van der Waals surface area contributed by atoms with Gasteiger partial charge in [0.1, 0.15) is 5.01 Å². The fourth-order valence-corrected chi connectivity index (χ4v) is 4.30. The van der Waals surface area contributed by atoms with Gasteiger partial charge in [-0.3, -0.25) is 0 Å². The van der Waals surface area contributed by atoms with Crippen molar-refractivity contribution in [3.8, 4) is 0 Å². The molecule has 0 saturated heterocycles. The van der Waals surface area contributed by atoms with Crippen molar-refractivity contribution in [2.24, 2.45) is 0 Å². The number of unbranched alkanes of at least 4 members (excludes halogenated alkanes) is 1. The molecule has 2 aromatic heterocycles. The molecule has 1 aromatic carbocycles. The first-order chi connectivity index (χ1) is 14.7. The molecule has 0 unspecified atom stereocenters. The van der Waals surface area contributed by atoms with Gasteiger partial charge >= 0.3 is 5.97 Å². The molecule has 2 heterocycles. The van der Waals surface area contributed by atoms with Gasteiger partial charge in [0.25, 0.3) is 0 Å². The summed E-state index contributed by atoms with van der Waals surface area (Å²) in [6, 6.07) is 12.7. The maximum absolute atomic E-state index is 11.7. The maximum Gasteiger partial charge on any atom is 0.369 e. The number of esters is 1. The highest BCUT2D eigenvalue weighted by Gasteiger charge is 2.16. The Morgan fingerprint density at radius 1 is 1.07 bits per heavy atom. The first-order valence-corrected chi connectivity index (χ1v) is 11.1. The predicted molar refractivity (Wildman–Crippen MR) is 116 cm³/mol. The lowest BCUT2D eigenvalue weighted by Gasteiger charge is -2.02. The van der Waals surface area contributed by atoms with Crippen molar-refractivity contribution in [1.82, 2.24) is 20.4 Å². The molecule has 0 aliphatic heterocycles. The van der Waals surface area contributed by atoms with E-state index in [0.717, 1.165) is 54.9 Å². The molecule has 0 N–H and O–H groups in total. The summed E-state index contributed by atoms with van der Waals surface area (Å²) in [5.74, 6) is -0.394. The second kappa shape index (κ2) is 9.71. The van der Waals surface area contributed by atoms with E-state index in [1.807, 2.05) is 6.07 Å². The van der Waals surface area contributed by atoms with Crippen LogP contribution in [0, 0.1) is 0 Å². The van der Waals surface area contributed by atoms with Crippen molar-refractivity contribution in [2.75, 3.05) is 6.61 Å². The lowest BCUT2D eigenvalue weighted by atomic mass is 10.0. The average Bonchev–Trinajstić information content (AvgIpc) is 3.38. The van der Waals surface area contributed by atoms with Crippen molar-refractivity contribution in [3.63, 3.8) is 0 Å². The number of nitrogens with zero attached hydrogens (tertiary/aromatic N) is 4. The fraction of sp³-hybridized carbons (Fsp3) is 0.348. The first kappa shape index (κ1) is 20.3. The highest BCUT2D eigenvalue weighted by atomic mass is 32.1. The lowest BCUT2D eigenvalue weighted by Crippen LogP contribution is -2.03. The highest BCUT2D eigenvalue weighted by molar-refractivity contribution is 7.13. The van der Waals surface area contributed by atoms with Gasteiger partial charge in [0, 0.05) is 12.8 Å². The van der Waals surface area contributed by atoms with Crippen LogP contribution in [0.25, 0.3) is 6.08 Å². The van der Waals surface area contributed by atoms with Crippen LogP contribution in [0.15, 0.2) is 42.0 Å². The summed E-state index contributed by atoms with van der Waals surface area (Å²) in [4.78, 5) is 11.7. The molecular formula is C23H24N4O2S. The van der Waals surface area contributed by atoms with E-state index >= 15 is 0 Å². The number of ether oxygens (including phenoxy) is 1. The Hall–Kier alpha value is -2.93. The van der Waals surface area contributed by atoms with Crippen molar-refractivity contribution in [3.05, 3.63) is 74.5 Å². The Kier molecular flexibility index (Phi) is 6.59. The summed E-state index contributed by atoms with van der Waals surface area (Å²) in [5, 5.41) is 18.1. The standard InChI is InChI=1S/C23H24N4O2S/c1-2-29-23(28)22-27-26-21(30-22)11-7-6-10-19-15-18-13-17(14-20(18)25-24-19)12-16-8-4-3-5-9-16/h3-5,8-9,13,15H,2,6-7,10-12,14H2,1H3. The number of benzene rings is 1. The van der Waals surface area contributed by atoms with Crippen LogP contribution in [-0.4, -0.2) is 33.0 Å². The van der Waals surface area contributed by atoms with Crippen LogP contribution in [0.5, 0.6) is 0 Å². The highest BCUT2D eigenvalue weighted by Crippen LogP contribution is 2.26. The fourth-order valence-electron chi connectivity index (χ4n) is 3.53. The molecule has 6 nitrogen and oxygen atoms in total. The van der Waals surface area contributed by atoms with E-state index in [1.54, 1.807) is 6.92 Å².